The Labute approximate surface area is 97.4 Å². The SMILES string of the molecule is CC(C)(O)C(C)(C)OB(O)C1C=COCC1. The smallest absolute Gasteiger partial charge is 0.462 e. The fourth-order valence-electron chi connectivity index (χ4n) is 1.30. The Bertz CT molecular complexity index is 257. The maximum Gasteiger partial charge on any atom is 0.462 e. The summed E-state index contributed by atoms with van der Waals surface area (Å²) in [7, 11) is -0.915. The van der Waals surface area contributed by atoms with Gasteiger partial charge in [0.15, 0.2) is 0 Å². The second kappa shape index (κ2) is 4.78. The van der Waals surface area contributed by atoms with Crippen molar-refractivity contribution in [3.8, 4) is 0 Å². The highest BCUT2D eigenvalue weighted by Gasteiger charge is 2.41. The molecule has 0 aromatic heterocycles. The monoisotopic (exact) mass is 228 g/mol. The van der Waals surface area contributed by atoms with Crippen LogP contribution in [0.2, 0.25) is 5.82 Å². The zero-order chi connectivity index (χ0) is 12.4. The maximum absolute atomic E-state index is 9.93. The Balaban J connectivity index is 2.59. The molecule has 0 saturated heterocycles. The second-order valence-corrected chi connectivity index (χ2v) is 5.23. The lowest BCUT2D eigenvalue weighted by Crippen LogP contribution is -2.51. The highest BCUT2D eigenvalue weighted by atomic mass is 16.5. The molecule has 0 radical (unpaired) electrons. The minimum Gasteiger partial charge on any atom is -0.502 e. The first-order chi connectivity index (χ1) is 7.24. The van der Waals surface area contributed by atoms with Gasteiger partial charge in [0.2, 0.25) is 0 Å². The van der Waals surface area contributed by atoms with Crippen LogP contribution in [0.5, 0.6) is 0 Å². The summed E-state index contributed by atoms with van der Waals surface area (Å²) >= 11 is 0. The molecule has 4 nitrogen and oxygen atoms in total. The molecule has 1 atom stereocenters. The van der Waals surface area contributed by atoms with Crippen LogP contribution in [-0.4, -0.2) is 35.1 Å². The molecule has 0 saturated carbocycles. The molecule has 1 heterocycles. The quantitative estimate of drug-likeness (QED) is 0.713. The van der Waals surface area contributed by atoms with Crippen LogP contribution in [0.1, 0.15) is 34.1 Å². The average Bonchev–Trinajstić information content (AvgIpc) is 2.16. The Hall–Kier alpha value is -0.515. The van der Waals surface area contributed by atoms with Gasteiger partial charge in [0.05, 0.1) is 24.1 Å². The highest BCUT2D eigenvalue weighted by Crippen LogP contribution is 2.29. The van der Waals surface area contributed by atoms with Crippen LogP contribution in [0, 0.1) is 0 Å². The lowest BCUT2D eigenvalue weighted by atomic mass is 9.68. The summed E-state index contributed by atoms with van der Waals surface area (Å²) in [5, 5.41) is 19.8. The minimum absolute atomic E-state index is 0.0737. The van der Waals surface area contributed by atoms with Crippen molar-refractivity contribution in [2.75, 3.05) is 6.61 Å². The maximum atomic E-state index is 9.93. The van der Waals surface area contributed by atoms with Gasteiger partial charge in [0.1, 0.15) is 0 Å². The Morgan fingerprint density at radius 1 is 1.38 bits per heavy atom. The van der Waals surface area contributed by atoms with E-state index >= 15 is 0 Å². The summed E-state index contributed by atoms with van der Waals surface area (Å²) < 4.78 is 10.6. The second-order valence-electron chi connectivity index (χ2n) is 5.23. The van der Waals surface area contributed by atoms with Crippen LogP contribution in [0.4, 0.5) is 0 Å². The molecule has 1 aliphatic rings. The zero-order valence-electron chi connectivity index (χ0n) is 10.4. The molecule has 0 bridgehead atoms. The number of aliphatic hydroxyl groups is 1. The molecule has 5 heteroatoms. The fraction of sp³-hybridized carbons (Fsp3) is 0.818. The van der Waals surface area contributed by atoms with E-state index < -0.39 is 18.3 Å². The number of ether oxygens (including phenoxy) is 1. The largest absolute Gasteiger partial charge is 0.502 e. The van der Waals surface area contributed by atoms with Crippen LogP contribution in [0.25, 0.3) is 0 Å². The lowest BCUT2D eigenvalue weighted by molar-refractivity contribution is -0.101. The summed E-state index contributed by atoms with van der Waals surface area (Å²) in [6.07, 6.45) is 4.09. The molecule has 0 fully saturated rings. The molecule has 16 heavy (non-hydrogen) atoms. The van der Waals surface area contributed by atoms with Crippen LogP contribution in [0.3, 0.4) is 0 Å². The van der Waals surface area contributed by atoms with Gasteiger partial charge in [-0.1, -0.05) is 0 Å². The van der Waals surface area contributed by atoms with Crippen LogP contribution < -0.4 is 0 Å². The normalized spacial score (nSPS) is 21.8. The molecule has 0 aromatic rings. The Kier molecular flexibility index (Phi) is 4.04. The van der Waals surface area contributed by atoms with Crippen molar-refractivity contribution in [3.63, 3.8) is 0 Å². The van der Waals surface area contributed by atoms with Crippen molar-refractivity contribution in [3.05, 3.63) is 12.3 Å². The lowest BCUT2D eigenvalue weighted by Gasteiger charge is -2.39. The minimum atomic E-state index is -1.01. The molecule has 1 unspecified atom stereocenters. The molecular weight excluding hydrogens is 207 g/mol. The van der Waals surface area contributed by atoms with Crippen LogP contribution >= 0.6 is 0 Å². The van der Waals surface area contributed by atoms with Gasteiger partial charge in [-0.05, 0) is 40.2 Å². The van der Waals surface area contributed by atoms with Gasteiger partial charge in [-0.15, -0.1) is 0 Å². The van der Waals surface area contributed by atoms with E-state index in [1.807, 2.05) is 0 Å². The van der Waals surface area contributed by atoms with Gasteiger partial charge in [0.25, 0.3) is 0 Å². The number of hydrogen-bond acceptors (Lipinski definition) is 4. The van der Waals surface area contributed by atoms with E-state index in [2.05, 4.69) is 0 Å². The molecule has 0 aliphatic carbocycles. The van der Waals surface area contributed by atoms with Crippen molar-refractivity contribution in [1.82, 2.24) is 0 Å². The first-order valence-corrected chi connectivity index (χ1v) is 5.60. The molecule has 1 rings (SSSR count). The molecule has 0 aromatic carbocycles. The van der Waals surface area contributed by atoms with E-state index in [1.54, 1.807) is 40.0 Å². The van der Waals surface area contributed by atoms with Gasteiger partial charge in [-0.2, -0.15) is 0 Å². The average molecular weight is 228 g/mol. The fourth-order valence-corrected chi connectivity index (χ4v) is 1.30. The molecule has 0 amide bonds. The van der Waals surface area contributed by atoms with Crippen molar-refractivity contribution in [2.45, 2.75) is 51.1 Å². The third-order valence-corrected chi connectivity index (χ3v) is 3.25. The van der Waals surface area contributed by atoms with E-state index in [0.717, 1.165) is 6.42 Å². The first kappa shape index (κ1) is 13.5. The number of allylic oxidation sites excluding steroid dienone is 1. The summed E-state index contributed by atoms with van der Waals surface area (Å²) in [5.41, 5.74) is -1.82. The third-order valence-electron chi connectivity index (χ3n) is 3.25. The predicted octanol–water partition coefficient (Wildman–Crippen LogP) is 1.34. The summed E-state index contributed by atoms with van der Waals surface area (Å²) in [5.74, 6) is -0.0737. The number of rotatable bonds is 4. The van der Waals surface area contributed by atoms with E-state index in [-0.39, 0.29) is 5.82 Å². The van der Waals surface area contributed by atoms with Crippen LogP contribution in [0.15, 0.2) is 12.3 Å². The van der Waals surface area contributed by atoms with Gasteiger partial charge in [-0.3, -0.25) is 0 Å². The van der Waals surface area contributed by atoms with Crippen molar-refractivity contribution < 1.29 is 19.5 Å². The summed E-state index contributed by atoms with van der Waals surface area (Å²) in [4.78, 5) is 0. The predicted molar refractivity (Wildman–Crippen MR) is 62.9 cm³/mol. The topological polar surface area (TPSA) is 58.9 Å². The van der Waals surface area contributed by atoms with E-state index in [1.165, 1.54) is 0 Å². The van der Waals surface area contributed by atoms with Crippen molar-refractivity contribution >= 4 is 7.12 Å². The Morgan fingerprint density at radius 2 is 2.00 bits per heavy atom. The standard InChI is InChI=1S/C11H21BO4/c1-10(2,13)11(3,4)16-12(14)9-5-7-15-8-6-9/h5,7,9,13-14H,6,8H2,1-4H3. The van der Waals surface area contributed by atoms with E-state index in [0.29, 0.717) is 6.61 Å². The molecule has 92 valence electrons. The van der Waals surface area contributed by atoms with E-state index in [4.69, 9.17) is 9.39 Å². The van der Waals surface area contributed by atoms with E-state index in [9.17, 15) is 10.1 Å². The van der Waals surface area contributed by atoms with Gasteiger partial charge < -0.3 is 19.5 Å². The van der Waals surface area contributed by atoms with Gasteiger partial charge in [0, 0.05) is 5.82 Å². The zero-order valence-corrected chi connectivity index (χ0v) is 10.4. The van der Waals surface area contributed by atoms with Crippen molar-refractivity contribution in [1.29, 1.82) is 0 Å². The molecular formula is C11H21BO4. The Morgan fingerprint density at radius 3 is 2.44 bits per heavy atom. The number of hydrogen-bond donors (Lipinski definition) is 2. The van der Waals surface area contributed by atoms with Crippen molar-refractivity contribution in [2.24, 2.45) is 0 Å². The summed E-state index contributed by atoms with van der Waals surface area (Å²) in [6, 6.07) is 0. The summed E-state index contributed by atoms with van der Waals surface area (Å²) in [6.45, 7) is 7.45. The highest BCUT2D eigenvalue weighted by molar-refractivity contribution is 6.45. The van der Waals surface area contributed by atoms with Gasteiger partial charge in [-0.25, -0.2) is 0 Å². The van der Waals surface area contributed by atoms with Gasteiger partial charge >= 0.3 is 7.12 Å². The molecule has 0 spiro atoms. The van der Waals surface area contributed by atoms with Crippen LogP contribution in [-0.2, 0) is 9.39 Å². The molecule has 2 N–H and O–H groups in total. The third kappa shape index (κ3) is 3.24. The molecule has 1 aliphatic heterocycles. The first-order valence-electron chi connectivity index (χ1n) is 5.60.